The van der Waals surface area contributed by atoms with Gasteiger partial charge in [-0.15, -0.1) is 0 Å². The summed E-state index contributed by atoms with van der Waals surface area (Å²) < 4.78 is 7.48. The summed E-state index contributed by atoms with van der Waals surface area (Å²) in [6, 6.07) is 13.5. The van der Waals surface area contributed by atoms with Crippen LogP contribution in [0.2, 0.25) is 0 Å². The number of nitrogens with two attached hydrogens (primary N) is 1. The number of anilines is 1. The Labute approximate surface area is 129 Å². The topological polar surface area (TPSA) is 73.3 Å². The largest absolute Gasteiger partial charge is 0.492 e. The number of hydrogen-bond acceptors (Lipinski definition) is 4. The first kappa shape index (κ1) is 14.4. The number of benzene rings is 2. The van der Waals surface area contributed by atoms with E-state index >= 15 is 0 Å². The van der Waals surface area contributed by atoms with Gasteiger partial charge in [0.05, 0.1) is 29.9 Å². The molecule has 0 saturated heterocycles. The van der Waals surface area contributed by atoms with Gasteiger partial charge in [0.15, 0.2) is 0 Å². The highest BCUT2D eigenvalue weighted by atomic mass is 16.5. The van der Waals surface area contributed by atoms with E-state index in [0.717, 1.165) is 22.4 Å². The number of nitrogens with zero attached hydrogens (tertiary/aromatic N) is 2. The quantitative estimate of drug-likeness (QED) is 0.710. The Bertz CT molecular complexity index is 796. The van der Waals surface area contributed by atoms with Gasteiger partial charge in [0.1, 0.15) is 11.6 Å². The second kappa shape index (κ2) is 6.07. The van der Waals surface area contributed by atoms with Crippen LogP contribution in [-0.2, 0) is 6.54 Å². The first-order chi connectivity index (χ1) is 10.7. The van der Waals surface area contributed by atoms with Crippen molar-refractivity contribution in [2.75, 3.05) is 18.9 Å². The summed E-state index contributed by atoms with van der Waals surface area (Å²) in [5.74, 6) is 1.47. The molecule has 5 nitrogen and oxygen atoms in total. The Kier molecular flexibility index (Phi) is 3.98. The molecule has 0 amide bonds. The molecule has 0 atom stereocenters. The van der Waals surface area contributed by atoms with E-state index in [1.54, 1.807) is 0 Å². The zero-order valence-corrected chi connectivity index (χ0v) is 12.5. The molecular weight excluding hydrogens is 278 g/mol. The summed E-state index contributed by atoms with van der Waals surface area (Å²) in [5, 5.41) is 9.34. The van der Waals surface area contributed by atoms with Crippen LogP contribution in [0.15, 0.2) is 42.5 Å². The highest BCUT2D eigenvalue weighted by molar-refractivity contribution is 5.81. The van der Waals surface area contributed by atoms with Crippen molar-refractivity contribution in [2.24, 2.45) is 0 Å². The van der Waals surface area contributed by atoms with Gasteiger partial charge in [-0.3, -0.25) is 0 Å². The summed E-state index contributed by atoms with van der Waals surface area (Å²) in [4.78, 5) is 4.67. The van der Waals surface area contributed by atoms with Gasteiger partial charge in [-0.1, -0.05) is 12.1 Å². The molecule has 1 heterocycles. The van der Waals surface area contributed by atoms with Crippen molar-refractivity contribution in [1.29, 1.82) is 0 Å². The second-order valence-corrected chi connectivity index (χ2v) is 4.98. The molecule has 3 aromatic rings. The van der Waals surface area contributed by atoms with Gasteiger partial charge < -0.3 is 20.1 Å². The smallest absolute Gasteiger partial charge is 0.142 e. The number of nitrogen functional groups attached to an aromatic ring is 1. The lowest BCUT2D eigenvalue weighted by Gasteiger charge is -2.10. The third kappa shape index (κ3) is 2.51. The van der Waals surface area contributed by atoms with Crippen molar-refractivity contribution in [2.45, 2.75) is 13.5 Å². The second-order valence-electron chi connectivity index (χ2n) is 4.98. The normalized spacial score (nSPS) is 11.0. The van der Waals surface area contributed by atoms with E-state index in [1.165, 1.54) is 0 Å². The van der Waals surface area contributed by atoms with Gasteiger partial charge in [0.25, 0.3) is 0 Å². The number of aliphatic hydroxyl groups excluding tert-OH is 1. The van der Waals surface area contributed by atoms with E-state index in [0.29, 0.717) is 24.6 Å². The van der Waals surface area contributed by atoms with Crippen molar-refractivity contribution in [3.05, 3.63) is 42.5 Å². The third-order valence-corrected chi connectivity index (χ3v) is 3.55. The molecule has 0 aliphatic heterocycles. The number of fused-ring (bicyclic) bond motifs is 1. The SMILES string of the molecule is CCOc1ccc(-c2nc3ccccc3n2CCO)cc1N. The molecule has 0 radical (unpaired) electrons. The van der Waals surface area contributed by atoms with Crippen molar-refractivity contribution in [1.82, 2.24) is 9.55 Å². The third-order valence-electron chi connectivity index (χ3n) is 3.55. The molecule has 22 heavy (non-hydrogen) atoms. The van der Waals surface area contributed by atoms with E-state index in [1.807, 2.05) is 54.0 Å². The Balaban J connectivity index is 2.13. The Morgan fingerprint density at radius 1 is 1.23 bits per heavy atom. The van der Waals surface area contributed by atoms with E-state index in [-0.39, 0.29) is 6.61 Å². The molecule has 2 aromatic carbocycles. The first-order valence-electron chi connectivity index (χ1n) is 7.33. The zero-order chi connectivity index (χ0) is 15.5. The van der Waals surface area contributed by atoms with Crippen molar-refractivity contribution in [3.8, 4) is 17.1 Å². The average molecular weight is 297 g/mol. The van der Waals surface area contributed by atoms with Crippen LogP contribution in [0.25, 0.3) is 22.4 Å². The average Bonchev–Trinajstić information content (AvgIpc) is 2.89. The number of imidazole rings is 1. The maximum atomic E-state index is 9.34. The van der Waals surface area contributed by atoms with Crippen LogP contribution >= 0.6 is 0 Å². The van der Waals surface area contributed by atoms with Gasteiger partial charge in [0.2, 0.25) is 0 Å². The molecule has 3 rings (SSSR count). The number of aromatic nitrogens is 2. The van der Waals surface area contributed by atoms with Crippen LogP contribution in [0.1, 0.15) is 6.92 Å². The van der Waals surface area contributed by atoms with Crippen molar-refractivity contribution >= 4 is 16.7 Å². The molecule has 0 aliphatic rings. The van der Waals surface area contributed by atoms with Crippen molar-refractivity contribution < 1.29 is 9.84 Å². The molecule has 0 fully saturated rings. The van der Waals surface area contributed by atoms with Crippen LogP contribution in [0.5, 0.6) is 5.75 Å². The molecule has 1 aromatic heterocycles. The minimum Gasteiger partial charge on any atom is -0.492 e. The summed E-state index contributed by atoms with van der Waals surface area (Å²) in [7, 11) is 0. The predicted octanol–water partition coefficient (Wildman–Crippen LogP) is 2.68. The standard InChI is InChI=1S/C17H19N3O2/c1-2-22-16-8-7-12(11-13(16)18)17-19-14-5-3-4-6-15(14)20(17)9-10-21/h3-8,11,21H,2,9-10,18H2,1H3. The van der Waals surface area contributed by atoms with Gasteiger partial charge in [-0.2, -0.15) is 0 Å². The Morgan fingerprint density at radius 3 is 2.77 bits per heavy atom. The van der Waals surface area contributed by atoms with E-state index < -0.39 is 0 Å². The molecule has 3 N–H and O–H groups in total. The van der Waals surface area contributed by atoms with Crippen LogP contribution < -0.4 is 10.5 Å². The van der Waals surface area contributed by atoms with Crippen LogP contribution in [0.4, 0.5) is 5.69 Å². The monoisotopic (exact) mass is 297 g/mol. The number of para-hydroxylation sites is 2. The molecule has 0 spiro atoms. The Morgan fingerprint density at radius 2 is 2.05 bits per heavy atom. The molecule has 0 bridgehead atoms. The lowest BCUT2D eigenvalue weighted by Crippen LogP contribution is -2.04. The molecule has 0 aliphatic carbocycles. The molecule has 114 valence electrons. The minimum absolute atomic E-state index is 0.0554. The maximum absolute atomic E-state index is 9.34. The fourth-order valence-electron chi connectivity index (χ4n) is 2.60. The fourth-order valence-corrected chi connectivity index (χ4v) is 2.60. The van der Waals surface area contributed by atoms with E-state index in [2.05, 4.69) is 4.98 Å². The predicted molar refractivity (Wildman–Crippen MR) is 87.8 cm³/mol. The molecule has 0 unspecified atom stereocenters. The maximum Gasteiger partial charge on any atom is 0.142 e. The highest BCUT2D eigenvalue weighted by Gasteiger charge is 2.13. The summed E-state index contributed by atoms with van der Waals surface area (Å²) in [6.07, 6.45) is 0. The van der Waals surface area contributed by atoms with Gasteiger partial charge in [-0.25, -0.2) is 4.98 Å². The summed E-state index contributed by atoms with van der Waals surface area (Å²) >= 11 is 0. The van der Waals surface area contributed by atoms with Crippen LogP contribution in [0.3, 0.4) is 0 Å². The molecule has 5 heteroatoms. The first-order valence-corrected chi connectivity index (χ1v) is 7.33. The van der Waals surface area contributed by atoms with Crippen LogP contribution in [-0.4, -0.2) is 27.9 Å². The lowest BCUT2D eigenvalue weighted by molar-refractivity contribution is 0.278. The molecular formula is C17H19N3O2. The lowest BCUT2D eigenvalue weighted by atomic mass is 10.1. The summed E-state index contributed by atoms with van der Waals surface area (Å²) in [5.41, 5.74) is 9.45. The minimum atomic E-state index is 0.0554. The fraction of sp³-hybridized carbons (Fsp3) is 0.235. The number of ether oxygens (including phenoxy) is 1. The van der Waals surface area contributed by atoms with Gasteiger partial charge in [0, 0.05) is 12.1 Å². The van der Waals surface area contributed by atoms with E-state index in [4.69, 9.17) is 10.5 Å². The zero-order valence-electron chi connectivity index (χ0n) is 12.5. The number of aliphatic hydroxyl groups is 1. The van der Waals surface area contributed by atoms with Crippen LogP contribution in [0, 0.1) is 0 Å². The summed E-state index contributed by atoms with van der Waals surface area (Å²) in [6.45, 7) is 3.05. The van der Waals surface area contributed by atoms with Gasteiger partial charge >= 0.3 is 0 Å². The molecule has 0 saturated carbocycles. The number of hydrogen-bond donors (Lipinski definition) is 2. The van der Waals surface area contributed by atoms with Crippen molar-refractivity contribution in [3.63, 3.8) is 0 Å². The van der Waals surface area contributed by atoms with Gasteiger partial charge in [-0.05, 0) is 37.3 Å². The Hall–Kier alpha value is -2.53. The number of rotatable bonds is 5. The van der Waals surface area contributed by atoms with E-state index in [9.17, 15) is 5.11 Å². The highest BCUT2D eigenvalue weighted by Crippen LogP contribution is 2.30.